The summed E-state index contributed by atoms with van der Waals surface area (Å²) < 4.78 is 0. The molecule has 1 aliphatic rings. The highest BCUT2D eigenvalue weighted by molar-refractivity contribution is 5.95. The molecule has 11 heavy (non-hydrogen) atoms. The summed E-state index contributed by atoms with van der Waals surface area (Å²) in [6, 6.07) is 0. The molecule has 0 fully saturated rings. The van der Waals surface area contributed by atoms with E-state index in [-0.39, 0.29) is 11.8 Å². The Hall–Kier alpha value is -1.05. The van der Waals surface area contributed by atoms with Gasteiger partial charge >= 0.3 is 0 Å². The molecular formula is C9H13NO. The van der Waals surface area contributed by atoms with Crippen LogP contribution in [0.3, 0.4) is 0 Å². The average Bonchev–Trinajstić information content (AvgIpc) is 1.97. The summed E-state index contributed by atoms with van der Waals surface area (Å²) in [4.78, 5) is 12.9. The molecule has 1 atom stereocenters. The van der Waals surface area contributed by atoms with E-state index in [2.05, 4.69) is 6.58 Å². The fraction of sp³-hybridized carbons (Fsp3) is 0.444. The Labute approximate surface area is 67.2 Å². The fourth-order valence-electron chi connectivity index (χ4n) is 1.24. The number of carbonyl (C=O) groups is 1. The second-order valence-electron chi connectivity index (χ2n) is 2.99. The number of amides is 1. The van der Waals surface area contributed by atoms with Crippen LogP contribution in [0, 0.1) is 5.92 Å². The molecule has 2 nitrogen and oxygen atoms in total. The van der Waals surface area contributed by atoms with Crippen LogP contribution in [-0.4, -0.2) is 17.9 Å². The standard InChI is InChI=1S/C9H13NO/c1-6-5-7(2)9(11)10(4)8(6)3/h5-6H,3H2,1-2,4H3. The molecule has 0 saturated carbocycles. The molecule has 0 bridgehead atoms. The van der Waals surface area contributed by atoms with Crippen molar-refractivity contribution in [3.05, 3.63) is 23.9 Å². The summed E-state index contributed by atoms with van der Waals surface area (Å²) in [5, 5.41) is 0. The van der Waals surface area contributed by atoms with Crippen molar-refractivity contribution in [1.82, 2.24) is 4.90 Å². The van der Waals surface area contributed by atoms with Crippen molar-refractivity contribution in [2.24, 2.45) is 5.92 Å². The van der Waals surface area contributed by atoms with Gasteiger partial charge in [0.05, 0.1) is 0 Å². The van der Waals surface area contributed by atoms with Crippen molar-refractivity contribution in [2.75, 3.05) is 7.05 Å². The van der Waals surface area contributed by atoms with E-state index >= 15 is 0 Å². The van der Waals surface area contributed by atoms with Crippen LogP contribution in [0.25, 0.3) is 0 Å². The monoisotopic (exact) mass is 151 g/mol. The van der Waals surface area contributed by atoms with Crippen LogP contribution in [0.4, 0.5) is 0 Å². The second kappa shape index (κ2) is 2.53. The van der Waals surface area contributed by atoms with Gasteiger partial charge in [-0.1, -0.05) is 19.6 Å². The van der Waals surface area contributed by atoms with E-state index in [1.54, 1.807) is 11.9 Å². The van der Waals surface area contributed by atoms with Crippen LogP contribution < -0.4 is 0 Å². The number of hydrogen-bond donors (Lipinski definition) is 0. The van der Waals surface area contributed by atoms with E-state index in [0.717, 1.165) is 11.3 Å². The average molecular weight is 151 g/mol. The van der Waals surface area contributed by atoms with Gasteiger partial charge < -0.3 is 4.90 Å². The maximum absolute atomic E-state index is 11.3. The summed E-state index contributed by atoms with van der Waals surface area (Å²) >= 11 is 0. The smallest absolute Gasteiger partial charge is 0.253 e. The molecule has 0 aromatic heterocycles. The predicted molar refractivity (Wildman–Crippen MR) is 44.8 cm³/mol. The molecule has 60 valence electrons. The first kappa shape index (κ1) is 8.05. The van der Waals surface area contributed by atoms with Crippen molar-refractivity contribution in [2.45, 2.75) is 13.8 Å². The molecular weight excluding hydrogens is 138 g/mol. The van der Waals surface area contributed by atoms with Crippen molar-refractivity contribution in [1.29, 1.82) is 0 Å². The Bertz CT molecular complexity index is 240. The highest BCUT2D eigenvalue weighted by atomic mass is 16.2. The first-order chi connectivity index (χ1) is 5.04. The van der Waals surface area contributed by atoms with Crippen LogP contribution in [0.2, 0.25) is 0 Å². The molecule has 1 heterocycles. The zero-order valence-corrected chi connectivity index (χ0v) is 7.22. The number of hydrogen-bond acceptors (Lipinski definition) is 1. The normalized spacial score (nSPS) is 25.5. The molecule has 1 rings (SSSR count). The first-order valence-corrected chi connectivity index (χ1v) is 3.69. The summed E-state index contributed by atoms with van der Waals surface area (Å²) in [5.74, 6) is 0.353. The molecule has 0 aromatic rings. The van der Waals surface area contributed by atoms with Gasteiger partial charge in [0.25, 0.3) is 5.91 Å². The minimum atomic E-state index is 0.0631. The molecule has 0 radical (unpaired) electrons. The fourth-order valence-corrected chi connectivity index (χ4v) is 1.24. The molecule has 0 aromatic carbocycles. The predicted octanol–water partition coefficient (Wildman–Crippen LogP) is 1.55. The lowest BCUT2D eigenvalue weighted by atomic mass is 9.99. The van der Waals surface area contributed by atoms with Crippen LogP contribution in [-0.2, 0) is 4.79 Å². The molecule has 1 aliphatic heterocycles. The third-order valence-electron chi connectivity index (χ3n) is 2.10. The highest BCUT2D eigenvalue weighted by Crippen LogP contribution is 2.22. The quantitative estimate of drug-likeness (QED) is 0.514. The number of carbonyl (C=O) groups excluding carboxylic acids is 1. The van der Waals surface area contributed by atoms with Crippen LogP contribution in [0.15, 0.2) is 23.9 Å². The number of allylic oxidation sites excluding steroid dienone is 1. The van der Waals surface area contributed by atoms with Gasteiger partial charge in [0.1, 0.15) is 0 Å². The van der Waals surface area contributed by atoms with E-state index in [4.69, 9.17) is 0 Å². The van der Waals surface area contributed by atoms with Crippen LogP contribution >= 0.6 is 0 Å². The summed E-state index contributed by atoms with van der Waals surface area (Å²) in [6.45, 7) is 7.69. The largest absolute Gasteiger partial charge is 0.316 e. The number of likely N-dealkylation sites (N-methyl/N-ethyl adjacent to an activating group) is 1. The van der Waals surface area contributed by atoms with E-state index in [9.17, 15) is 4.79 Å². The van der Waals surface area contributed by atoms with Gasteiger partial charge in [-0.05, 0) is 6.92 Å². The summed E-state index contributed by atoms with van der Waals surface area (Å²) in [5.41, 5.74) is 1.69. The van der Waals surface area contributed by atoms with Gasteiger partial charge in [-0.3, -0.25) is 4.79 Å². The Morgan fingerprint density at radius 2 is 2.18 bits per heavy atom. The topological polar surface area (TPSA) is 20.3 Å². The van der Waals surface area contributed by atoms with Crippen LogP contribution in [0.5, 0.6) is 0 Å². The van der Waals surface area contributed by atoms with Gasteiger partial charge in [0.2, 0.25) is 0 Å². The number of nitrogens with zero attached hydrogens (tertiary/aromatic N) is 1. The SMILES string of the molecule is C=C1C(C)C=C(C)C(=O)N1C. The van der Waals surface area contributed by atoms with Crippen LogP contribution in [0.1, 0.15) is 13.8 Å². The molecule has 0 aliphatic carbocycles. The highest BCUT2D eigenvalue weighted by Gasteiger charge is 2.22. The third kappa shape index (κ3) is 1.20. The third-order valence-corrected chi connectivity index (χ3v) is 2.10. The van der Waals surface area contributed by atoms with Gasteiger partial charge in [-0.25, -0.2) is 0 Å². The van der Waals surface area contributed by atoms with E-state index < -0.39 is 0 Å². The van der Waals surface area contributed by atoms with Gasteiger partial charge in [-0.2, -0.15) is 0 Å². The second-order valence-corrected chi connectivity index (χ2v) is 2.99. The first-order valence-electron chi connectivity index (χ1n) is 3.69. The maximum Gasteiger partial charge on any atom is 0.253 e. The zero-order chi connectivity index (χ0) is 8.59. The van der Waals surface area contributed by atoms with Gasteiger partial charge in [0.15, 0.2) is 0 Å². The van der Waals surface area contributed by atoms with E-state index in [0.29, 0.717) is 0 Å². The Balaban J connectivity index is 3.01. The zero-order valence-electron chi connectivity index (χ0n) is 7.22. The van der Waals surface area contributed by atoms with Crippen molar-refractivity contribution < 1.29 is 4.79 Å². The summed E-state index contributed by atoms with van der Waals surface area (Å²) in [7, 11) is 1.76. The molecule has 0 N–H and O–H groups in total. The lowest BCUT2D eigenvalue weighted by Crippen LogP contribution is -2.32. The van der Waals surface area contributed by atoms with Crippen molar-refractivity contribution >= 4 is 5.91 Å². The molecule has 1 unspecified atom stereocenters. The molecule has 1 amide bonds. The van der Waals surface area contributed by atoms with Crippen molar-refractivity contribution in [3.63, 3.8) is 0 Å². The molecule has 0 spiro atoms. The Morgan fingerprint density at radius 3 is 2.73 bits per heavy atom. The molecule has 0 saturated heterocycles. The number of rotatable bonds is 0. The maximum atomic E-state index is 11.3. The minimum Gasteiger partial charge on any atom is -0.316 e. The van der Waals surface area contributed by atoms with Gasteiger partial charge in [0, 0.05) is 24.2 Å². The Kier molecular flexibility index (Phi) is 1.85. The van der Waals surface area contributed by atoms with Crippen molar-refractivity contribution in [3.8, 4) is 0 Å². The van der Waals surface area contributed by atoms with E-state index in [1.165, 1.54) is 0 Å². The Morgan fingerprint density at radius 1 is 1.64 bits per heavy atom. The minimum absolute atomic E-state index is 0.0631. The lowest BCUT2D eigenvalue weighted by Gasteiger charge is -2.28. The van der Waals surface area contributed by atoms with Gasteiger partial charge in [-0.15, -0.1) is 0 Å². The lowest BCUT2D eigenvalue weighted by molar-refractivity contribution is -0.124. The molecule has 2 heteroatoms. The summed E-state index contributed by atoms with van der Waals surface area (Å²) in [6.07, 6.45) is 1.95. The van der Waals surface area contributed by atoms with E-state index in [1.807, 2.05) is 19.9 Å².